The zero-order valence-electron chi connectivity index (χ0n) is 36.0. The van der Waals surface area contributed by atoms with Crippen molar-refractivity contribution >= 4 is 86.7 Å². The second-order valence-electron chi connectivity index (χ2n) is 15.7. The Morgan fingerprint density at radius 2 is 1.60 bits per heavy atom. The molecule has 0 bridgehead atoms. The second kappa shape index (κ2) is 19.2. The highest BCUT2D eigenvalue weighted by atomic mass is 35.5. The smallest absolute Gasteiger partial charge is 0.352 e. The fourth-order valence-electron chi connectivity index (χ4n) is 7.97. The van der Waals surface area contributed by atoms with E-state index in [4.69, 9.17) is 48.2 Å². The fourth-order valence-corrected chi connectivity index (χ4v) is 11.5. The first-order valence-corrected chi connectivity index (χ1v) is 24.8. The summed E-state index contributed by atoms with van der Waals surface area (Å²) in [5.41, 5.74) is 9.48. The average molecular weight is 1030 g/mol. The van der Waals surface area contributed by atoms with Crippen LogP contribution in [-0.4, -0.2) is 81.6 Å². The molecule has 7 aromatic rings. The topological polar surface area (TPSA) is 232 Å². The number of hydrogen-bond donors (Lipinski definition) is 5. The second-order valence-corrected chi connectivity index (χ2v) is 19.5. The number of amides is 2. The predicted octanol–water partition coefficient (Wildman–Crippen LogP) is 8.69. The lowest BCUT2D eigenvalue weighted by Gasteiger charge is -2.49. The number of thiazole rings is 1. The maximum Gasteiger partial charge on any atom is 0.352 e. The molecule has 21 heteroatoms. The Morgan fingerprint density at radius 1 is 0.914 bits per heavy atom. The Balaban J connectivity index is 0.867. The summed E-state index contributed by atoms with van der Waals surface area (Å²) in [5.74, 6) is -3.72. The van der Waals surface area contributed by atoms with E-state index in [-0.39, 0.29) is 73.4 Å². The molecule has 0 spiro atoms. The molecule has 6 N–H and O–H groups in total. The number of fused-ring (bicyclic) bond motifs is 2. The monoisotopic (exact) mass is 1030 g/mol. The first kappa shape index (κ1) is 46.4. The van der Waals surface area contributed by atoms with Crippen LogP contribution < -0.4 is 20.5 Å². The molecule has 2 aromatic heterocycles. The number of nitrogens with zero attached hydrogens (tertiary/aromatic N) is 5. The lowest BCUT2D eigenvalue weighted by molar-refractivity contribution is -0.150. The van der Waals surface area contributed by atoms with Crippen molar-refractivity contribution in [3.8, 4) is 45.5 Å². The lowest BCUT2D eigenvalue weighted by Crippen LogP contribution is -2.71. The van der Waals surface area contributed by atoms with Crippen LogP contribution in [0.5, 0.6) is 23.0 Å². The summed E-state index contributed by atoms with van der Waals surface area (Å²) in [7, 11) is 0. The Hall–Kier alpha value is -7.29. The molecule has 1 saturated heterocycles. The normalized spacial score (nSPS) is 16.9. The first-order valence-electron chi connectivity index (χ1n) is 21.1. The van der Waals surface area contributed by atoms with Gasteiger partial charge in [-0.2, -0.15) is 0 Å². The van der Waals surface area contributed by atoms with Gasteiger partial charge in [-0.25, -0.2) is 19.7 Å². The Bertz CT molecular complexity index is 3240. The number of carbonyl (C=O) groups excluding carboxylic acids is 2. The van der Waals surface area contributed by atoms with Gasteiger partial charge in [-0.05, 0) is 29.3 Å². The van der Waals surface area contributed by atoms with Crippen LogP contribution in [0.25, 0.3) is 22.5 Å². The molecule has 10 rings (SSSR count). The van der Waals surface area contributed by atoms with E-state index in [9.17, 15) is 29.7 Å². The predicted molar refractivity (Wildman–Crippen MR) is 266 cm³/mol. The number of β-lactam (4-membered cyclic amide) rings is 1. The summed E-state index contributed by atoms with van der Waals surface area (Å²) in [6.07, 6.45) is 1.60. The third-order valence-electron chi connectivity index (χ3n) is 11.4. The molecule has 3 aliphatic rings. The number of aromatic nitrogens is 3. The number of benzene rings is 5. The van der Waals surface area contributed by atoms with Gasteiger partial charge in [-0.15, -0.1) is 34.9 Å². The number of anilines is 1. The average Bonchev–Trinajstić information content (AvgIpc) is 4.02. The first-order chi connectivity index (χ1) is 33.9. The van der Waals surface area contributed by atoms with Crippen molar-refractivity contribution in [3.63, 3.8) is 0 Å². The molecule has 3 aliphatic heterocycles. The number of carboxylic acid groups (broad SMARTS) is 1. The third-order valence-corrected chi connectivity index (χ3v) is 15.1. The molecule has 16 nitrogen and oxygen atoms in total. The van der Waals surface area contributed by atoms with Gasteiger partial charge in [0.15, 0.2) is 39.7 Å². The van der Waals surface area contributed by atoms with Gasteiger partial charge in [0.05, 0.1) is 10.0 Å². The standard InChI is InChI=1S/C49H35Cl2N7O9S3/c50-32-18-27(36(51)41-40(32)66-49(67-41,29-12-6-2-7-13-29)30-14-8-3-9-15-30)21-65-57-37(33-24-70-48(52)54-33)43(61)55-38-45(62)58-39(47(63)64)28(23-69-46(38)58)22-68-44-31(26-16-17-34(59)35(60)19-26)20-53-42(56-44)25-10-4-1-5-11-25/h1-20,24,38,46,59-60H,21-23H2,(H2,52,54)(H,55,61)(H,63,64)/b57-37-/t38-,46-/m1/s1. The minimum Gasteiger partial charge on any atom is -0.504 e. The van der Waals surface area contributed by atoms with E-state index in [0.29, 0.717) is 44.2 Å². The van der Waals surface area contributed by atoms with Crippen LogP contribution in [0.1, 0.15) is 22.4 Å². The van der Waals surface area contributed by atoms with Gasteiger partial charge < -0.3 is 40.7 Å². The molecule has 5 heterocycles. The Labute approximate surface area is 420 Å². The number of nitrogens with two attached hydrogens (primary N) is 1. The maximum atomic E-state index is 14.1. The molecule has 1 fully saturated rings. The van der Waals surface area contributed by atoms with E-state index in [1.807, 2.05) is 91.0 Å². The summed E-state index contributed by atoms with van der Waals surface area (Å²) in [6.45, 7) is -0.293. The van der Waals surface area contributed by atoms with Crippen molar-refractivity contribution in [2.45, 2.75) is 28.8 Å². The minimum atomic E-state index is -1.41. The number of halogens is 2. The van der Waals surface area contributed by atoms with Crippen LogP contribution in [0.15, 0.2) is 148 Å². The van der Waals surface area contributed by atoms with Gasteiger partial charge in [0.1, 0.15) is 34.4 Å². The van der Waals surface area contributed by atoms with Crippen LogP contribution in [0.4, 0.5) is 5.13 Å². The van der Waals surface area contributed by atoms with Gasteiger partial charge in [0.2, 0.25) is 0 Å². The minimum absolute atomic E-state index is 0.0673. The van der Waals surface area contributed by atoms with Crippen molar-refractivity contribution < 1.29 is 44.0 Å². The molecule has 0 saturated carbocycles. The summed E-state index contributed by atoms with van der Waals surface area (Å²) < 4.78 is 13.1. The van der Waals surface area contributed by atoms with E-state index in [2.05, 4.69) is 20.4 Å². The number of aliphatic carboxylic acids is 1. The highest BCUT2D eigenvalue weighted by molar-refractivity contribution is 8.01. The molecular formula is C49H35Cl2N7O9S3. The highest BCUT2D eigenvalue weighted by Crippen LogP contribution is 2.55. The molecule has 70 heavy (non-hydrogen) atoms. The molecule has 0 radical (unpaired) electrons. The summed E-state index contributed by atoms with van der Waals surface area (Å²) in [4.78, 5) is 61.4. The zero-order valence-corrected chi connectivity index (χ0v) is 39.9. The summed E-state index contributed by atoms with van der Waals surface area (Å²) in [5, 5.41) is 39.3. The molecule has 352 valence electrons. The molecule has 0 aliphatic carbocycles. The molecule has 2 atom stereocenters. The SMILES string of the molecule is Nc1nc(/C(=N/OCc2cc(Cl)c3c(c2Cl)OC(c2ccccc2)(c2ccccc2)O3)C(=O)N[C@@H]2C(=O)N3C(C(=O)O)=C(CSc4nc(-c5ccccc5)ncc4-c4ccc(O)c(O)c4)CS[C@H]23)cs1. The van der Waals surface area contributed by atoms with Crippen LogP contribution in [0, 0.1) is 0 Å². The largest absolute Gasteiger partial charge is 0.504 e. The van der Waals surface area contributed by atoms with Crippen molar-refractivity contribution in [3.05, 3.63) is 171 Å². The van der Waals surface area contributed by atoms with Crippen LogP contribution >= 0.6 is 58.1 Å². The number of phenolic OH excluding ortho intramolecular Hbond substituents is 2. The van der Waals surface area contributed by atoms with Gasteiger partial charge in [0, 0.05) is 50.9 Å². The van der Waals surface area contributed by atoms with Crippen LogP contribution in [0.3, 0.4) is 0 Å². The molecule has 0 unspecified atom stereocenters. The molecular weight excluding hydrogens is 998 g/mol. The summed E-state index contributed by atoms with van der Waals surface area (Å²) in [6, 6.07) is 32.7. The highest BCUT2D eigenvalue weighted by Gasteiger charge is 2.54. The number of aromatic hydroxyl groups is 2. The number of phenols is 2. The van der Waals surface area contributed by atoms with E-state index in [1.54, 1.807) is 18.3 Å². The summed E-state index contributed by atoms with van der Waals surface area (Å²) >= 11 is 17.3. The third kappa shape index (κ3) is 8.70. The quantitative estimate of drug-likeness (QED) is 0.0171. The number of ether oxygens (including phenoxy) is 2. The number of hydrogen-bond acceptors (Lipinski definition) is 16. The number of rotatable bonds is 14. The van der Waals surface area contributed by atoms with Gasteiger partial charge in [-0.3, -0.25) is 14.5 Å². The van der Waals surface area contributed by atoms with Crippen molar-refractivity contribution in [2.24, 2.45) is 5.16 Å². The Morgan fingerprint density at radius 3 is 2.26 bits per heavy atom. The van der Waals surface area contributed by atoms with Crippen LogP contribution in [-0.2, 0) is 31.6 Å². The number of carbonyl (C=O) groups is 3. The number of oxime groups is 1. The molecule has 5 aromatic carbocycles. The van der Waals surface area contributed by atoms with Gasteiger partial charge in [0.25, 0.3) is 11.8 Å². The van der Waals surface area contributed by atoms with Gasteiger partial charge in [-0.1, -0.05) is 125 Å². The Kier molecular flexibility index (Phi) is 12.8. The fraction of sp³-hybridized carbons (Fsp3) is 0.122. The van der Waals surface area contributed by atoms with Crippen molar-refractivity contribution in [1.29, 1.82) is 0 Å². The molecule has 2 amide bonds. The van der Waals surface area contributed by atoms with E-state index < -0.39 is 35.0 Å². The number of nitrogens with one attached hydrogen (secondary N) is 1. The number of carboxylic acids is 1. The maximum absolute atomic E-state index is 14.1. The van der Waals surface area contributed by atoms with E-state index in [1.165, 1.54) is 41.0 Å². The van der Waals surface area contributed by atoms with E-state index >= 15 is 0 Å². The number of thioether (sulfide) groups is 2. The van der Waals surface area contributed by atoms with E-state index in [0.717, 1.165) is 21.8 Å². The van der Waals surface area contributed by atoms with Gasteiger partial charge >= 0.3 is 11.8 Å². The van der Waals surface area contributed by atoms with Crippen LogP contribution in [0.2, 0.25) is 10.0 Å². The van der Waals surface area contributed by atoms with Crippen molar-refractivity contribution in [1.82, 2.24) is 25.2 Å². The number of nitrogen functional groups attached to an aromatic ring is 1. The van der Waals surface area contributed by atoms with Crippen molar-refractivity contribution in [2.75, 3.05) is 17.2 Å². The zero-order chi connectivity index (χ0) is 48.7. The lowest BCUT2D eigenvalue weighted by atomic mass is 9.97.